The van der Waals surface area contributed by atoms with E-state index in [1.807, 2.05) is 57.5 Å². The molecule has 2 amide bonds. The van der Waals surface area contributed by atoms with Crippen LogP contribution in [0.5, 0.6) is 0 Å². The van der Waals surface area contributed by atoms with Crippen LogP contribution in [-0.4, -0.2) is 65.7 Å². The first kappa shape index (κ1) is 34.4. The Morgan fingerprint density at radius 1 is 1.13 bits per heavy atom. The molecular weight excluding hydrogens is 641 g/mol. The standard InChI is InChI=1S/C34H40N4O7S2/c1-21(2)31(30-16-26(37-45-30)6-5-15-44-47(42,43)28-13-7-22(3)8-14-28)32(40)29-17-27(39)19-38(29)34(41)35-18-24-9-11-25(12-10-24)33-23(4)36-20-46-33/h7-14,16,20-21,27,29,31,39H,5-6,15,17-19H2,1-4H3,(H,35,41)/t27-,29?,31?/m0/s1. The van der Waals surface area contributed by atoms with Crippen LogP contribution < -0.4 is 5.32 Å². The van der Waals surface area contributed by atoms with Crippen LogP contribution in [0.2, 0.25) is 0 Å². The number of carbonyl (C=O) groups is 2. The molecule has 5 rings (SSSR count). The zero-order valence-corrected chi connectivity index (χ0v) is 28.5. The molecule has 13 heteroatoms. The second-order valence-corrected chi connectivity index (χ2v) is 14.7. The van der Waals surface area contributed by atoms with Crippen molar-refractivity contribution < 1.29 is 31.8 Å². The van der Waals surface area contributed by atoms with E-state index in [1.165, 1.54) is 17.0 Å². The van der Waals surface area contributed by atoms with E-state index >= 15 is 0 Å². The SMILES string of the molecule is Cc1ccc(S(=O)(=O)OCCCc2cc(C(C(=O)C3C[C@H](O)CN3C(=O)NCc3ccc(-c4scnc4C)cc3)C(C)C)on2)cc1. The van der Waals surface area contributed by atoms with Gasteiger partial charge in [0.25, 0.3) is 10.1 Å². The quantitative estimate of drug-likeness (QED) is 0.140. The van der Waals surface area contributed by atoms with Crippen LogP contribution in [0.1, 0.15) is 60.9 Å². The van der Waals surface area contributed by atoms with Crippen LogP contribution >= 0.6 is 11.3 Å². The van der Waals surface area contributed by atoms with Gasteiger partial charge in [-0.05, 0) is 55.9 Å². The molecule has 0 aliphatic carbocycles. The van der Waals surface area contributed by atoms with Crippen molar-refractivity contribution in [3.05, 3.63) is 88.4 Å². The van der Waals surface area contributed by atoms with Crippen LogP contribution in [0.15, 0.2) is 69.5 Å². The first-order valence-corrected chi connectivity index (χ1v) is 17.9. The number of likely N-dealkylation sites (tertiary alicyclic amines) is 1. The van der Waals surface area contributed by atoms with Crippen LogP contribution in [0.3, 0.4) is 0 Å². The molecule has 2 aromatic heterocycles. The molecule has 47 heavy (non-hydrogen) atoms. The fraction of sp³-hybridized carbons (Fsp3) is 0.412. The normalized spacial score (nSPS) is 17.3. The molecule has 2 unspecified atom stereocenters. The highest BCUT2D eigenvalue weighted by atomic mass is 32.2. The third kappa shape index (κ3) is 8.33. The number of nitrogens with one attached hydrogen (secondary N) is 1. The van der Waals surface area contributed by atoms with Gasteiger partial charge >= 0.3 is 6.03 Å². The summed E-state index contributed by atoms with van der Waals surface area (Å²) in [6.45, 7) is 7.90. The number of thiazole rings is 1. The maximum atomic E-state index is 13.9. The molecule has 0 radical (unpaired) electrons. The van der Waals surface area contributed by atoms with Gasteiger partial charge in [0.2, 0.25) is 0 Å². The highest BCUT2D eigenvalue weighted by molar-refractivity contribution is 7.86. The third-order valence-corrected chi connectivity index (χ3v) is 10.6. The van der Waals surface area contributed by atoms with Crippen LogP contribution in [0, 0.1) is 19.8 Å². The number of carbonyl (C=O) groups excluding carboxylic acids is 2. The minimum atomic E-state index is -3.87. The molecule has 2 N–H and O–H groups in total. The smallest absolute Gasteiger partial charge is 0.318 e. The number of hydrogen-bond acceptors (Lipinski definition) is 10. The molecule has 4 aromatic rings. The van der Waals surface area contributed by atoms with E-state index in [0.717, 1.165) is 27.3 Å². The number of benzene rings is 2. The van der Waals surface area contributed by atoms with E-state index in [2.05, 4.69) is 15.5 Å². The van der Waals surface area contributed by atoms with E-state index < -0.39 is 34.2 Å². The Morgan fingerprint density at radius 2 is 1.85 bits per heavy atom. The summed E-state index contributed by atoms with van der Waals surface area (Å²) in [4.78, 5) is 34.1. The summed E-state index contributed by atoms with van der Waals surface area (Å²) in [6.07, 6.45) is 0.0544. The minimum absolute atomic E-state index is 0.0368. The van der Waals surface area contributed by atoms with Gasteiger partial charge in [0.15, 0.2) is 5.78 Å². The molecule has 0 bridgehead atoms. The Balaban J connectivity index is 1.17. The lowest BCUT2D eigenvalue weighted by Crippen LogP contribution is -2.47. The molecule has 3 atom stereocenters. The van der Waals surface area contributed by atoms with Crippen LogP contribution in [0.25, 0.3) is 10.4 Å². The number of ketones is 1. The van der Waals surface area contributed by atoms with E-state index in [0.29, 0.717) is 24.3 Å². The number of rotatable bonds is 13. The van der Waals surface area contributed by atoms with E-state index in [1.54, 1.807) is 29.5 Å². The molecule has 11 nitrogen and oxygen atoms in total. The number of aryl methyl sites for hydroxylation is 3. The van der Waals surface area contributed by atoms with E-state index in [4.69, 9.17) is 8.71 Å². The van der Waals surface area contributed by atoms with Gasteiger partial charge in [-0.3, -0.25) is 8.98 Å². The molecular formula is C34H40N4O7S2. The van der Waals surface area contributed by atoms with Gasteiger partial charge in [-0.1, -0.05) is 61.0 Å². The summed E-state index contributed by atoms with van der Waals surface area (Å²) in [6, 6.07) is 14.8. The molecule has 0 saturated carbocycles. The van der Waals surface area contributed by atoms with Crippen LogP contribution in [-0.2, 0) is 32.1 Å². The Hall–Kier alpha value is -3.91. The number of aliphatic hydroxyl groups excluding tert-OH is 1. The van der Waals surface area contributed by atoms with Crippen molar-refractivity contribution in [1.82, 2.24) is 20.4 Å². The lowest BCUT2D eigenvalue weighted by atomic mass is 9.85. The number of urea groups is 1. The van der Waals surface area contributed by atoms with Crippen molar-refractivity contribution in [2.45, 2.75) is 76.5 Å². The lowest BCUT2D eigenvalue weighted by molar-refractivity contribution is -0.125. The number of amides is 2. The van der Waals surface area contributed by atoms with Crippen molar-refractivity contribution in [1.29, 1.82) is 0 Å². The monoisotopic (exact) mass is 680 g/mol. The van der Waals surface area contributed by atoms with Gasteiger partial charge in [0, 0.05) is 25.6 Å². The molecule has 1 aliphatic rings. The first-order valence-electron chi connectivity index (χ1n) is 15.6. The second-order valence-electron chi connectivity index (χ2n) is 12.2. The summed E-state index contributed by atoms with van der Waals surface area (Å²) in [5, 5.41) is 17.5. The van der Waals surface area contributed by atoms with Crippen molar-refractivity contribution in [2.75, 3.05) is 13.2 Å². The van der Waals surface area contributed by atoms with Crippen molar-refractivity contribution in [2.24, 2.45) is 5.92 Å². The van der Waals surface area contributed by atoms with Crippen molar-refractivity contribution in [3.8, 4) is 10.4 Å². The number of hydrogen-bond donors (Lipinski definition) is 2. The van der Waals surface area contributed by atoms with Crippen molar-refractivity contribution in [3.63, 3.8) is 0 Å². The summed E-state index contributed by atoms with van der Waals surface area (Å²) in [7, 11) is -3.87. The second kappa shape index (κ2) is 14.9. The summed E-state index contributed by atoms with van der Waals surface area (Å²) < 4.78 is 35.7. The molecule has 0 spiro atoms. The molecule has 3 heterocycles. The zero-order valence-electron chi connectivity index (χ0n) is 26.9. The Morgan fingerprint density at radius 3 is 2.51 bits per heavy atom. The van der Waals surface area contributed by atoms with Gasteiger partial charge in [-0.25, -0.2) is 9.78 Å². The maximum absolute atomic E-state index is 13.9. The van der Waals surface area contributed by atoms with Gasteiger partial charge in [-0.15, -0.1) is 11.3 Å². The molecule has 2 aromatic carbocycles. The average molecular weight is 681 g/mol. The van der Waals surface area contributed by atoms with Gasteiger partial charge < -0.3 is 19.8 Å². The summed E-state index contributed by atoms with van der Waals surface area (Å²) in [5.74, 6) is -0.727. The van der Waals surface area contributed by atoms with E-state index in [9.17, 15) is 23.1 Å². The lowest BCUT2D eigenvalue weighted by Gasteiger charge is -2.27. The maximum Gasteiger partial charge on any atom is 0.318 e. The van der Waals surface area contributed by atoms with Crippen molar-refractivity contribution >= 4 is 33.3 Å². The first-order chi connectivity index (χ1) is 22.4. The summed E-state index contributed by atoms with van der Waals surface area (Å²) in [5.41, 5.74) is 6.25. The number of aliphatic hydroxyl groups is 1. The number of aromatic nitrogens is 2. The average Bonchev–Trinajstić information content (AvgIpc) is 3.78. The number of β-amino-alcohol motifs (C(OH)–C–C–N with tert-alkyl or cyclic N) is 1. The highest BCUT2D eigenvalue weighted by Crippen LogP contribution is 2.32. The number of nitrogens with zero attached hydrogens (tertiary/aromatic N) is 3. The van der Waals surface area contributed by atoms with Gasteiger partial charge in [0.1, 0.15) is 5.76 Å². The predicted octanol–water partition coefficient (Wildman–Crippen LogP) is 5.41. The van der Waals surface area contributed by atoms with Crippen LogP contribution in [0.4, 0.5) is 4.79 Å². The molecule has 1 aliphatic heterocycles. The predicted molar refractivity (Wildman–Crippen MR) is 177 cm³/mol. The largest absolute Gasteiger partial charge is 0.391 e. The summed E-state index contributed by atoms with van der Waals surface area (Å²) >= 11 is 1.58. The van der Waals surface area contributed by atoms with E-state index in [-0.39, 0.29) is 42.7 Å². The Kier molecular flexibility index (Phi) is 10.9. The Bertz CT molecular complexity index is 1780. The Labute approximate surface area is 279 Å². The number of Topliss-reactive ketones (excluding diaryl/α,β-unsaturated/α-hetero) is 1. The highest BCUT2D eigenvalue weighted by Gasteiger charge is 2.43. The fourth-order valence-electron chi connectivity index (χ4n) is 5.73. The topological polar surface area (TPSA) is 152 Å². The third-order valence-electron chi connectivity index (χ3n) is 8.26. The molecule has 1 fully saturated rings. The van der Waals surface area contributed by atoms with Gasteiger partial charge in [0.05, 0.1) is 51.3 Å². The molecule has 1 saturated heterocycles. The van der Waals surface area contributed by atoms with Gasteiger partial charge in [-0.2, -0.15) is 8.42 Å². The molecule has 250 valence electrons. The fourth-order valence-corrected chi connectivity index (χ4v) is 7.49. The minimum Gasteiger partial charge on any atom is -0.391 e. The zero-order chi connectivity index (χ0) is 33.7.